The molecule has 1 fully saturated rings. The molecule has 0 N–H and O–H groups in total. The third-order valence-electron chi connectivity index (χ3n) is 9.16. The molecular formula is C34H45N3O3. The molecule has 2 amide bonds. The zero-order chi connectivity index (χ0) is 28.0. The lowest BCUT2D eigenvalue weighted by Crippen LogP contribution is -2.48. The number of rotatable bonds is 4. The van der Waals surface area contributed by atoms with E-state index >= 15 is 0 Å². The smallest absolute Gasteiger partial charge is 0.222 e. The molecule has 0 bridgehead atoms. The molecule has 6 nitrogen and oxygen atoms in total. The zero-order valence-corrected chi connectivity index (χ0v) is 24.4. The van der Waals surface area contributed by atoms with Crippen LogP contribution in [0.15, 0.2) is 54.7 Å². The Morgan fingerprint density at radius 3 is 2.55 bits per heavy atom. The molecule has 214 valence electrons. The average molecular weight is 544 g/mol. The van der Waals surface area contributed by atoms with Gasteiger partial charge >= 0.3 is 0 Å². The van der Waals surface area contributed by atoms with Gasteiger partial charge in [-0.3, -0.25) is 9.59 Å². The van der Waals surface area contributed by atoms with Gasteiger partial charge in [0, 0.05) is 63.2 Å². The molecule has 0 unspecified atom stereocenters. The summed E-state index contributed by atoms with van der Waals surface area (Å²) >= 11 is 0. The second kappa shape index (κ2) is 12.9. The maximum absolute atomic E-state index is 13.3. The number of para-hydroxylation sites is 2. The van der Waals surface area contributed by atoms with Gasteiger partial charge < -0.3 is 19.1 Å². The first-order chi connectivity index (χ1) is 19.5. The van der Waals surface area contributed by atoms with E-state index in [0.29, 0.717) is 19.4 Å². The van der Waals surface area contributed by atoms with Gasteiger partial charge in [-0.25, -0.2) is 0 Å². The van der Waals surface area contributed by atoms with E-state index in [9.17, 15) is 9.59 Å². The summed E-state index contributed by atoms with van der Waals surface area (Å²) in [5, 5.41) is 1.26. The van der Waals surface area contributed by atoms with Crippen molar-refractivity contribution in [2.24, 2.45) is 5.41 Å². The van der Waals surface area contributed by atoms with Gasteiger partial charge in [-0.1, -0.05) is 42.8 Å². The largest absolute Gasteiger partial charge is 0.493 e. The van der Waals surface area contributed by atoms with Crippen molar-refractivity contribution in [1.82, 2.24) is 14.4 Å². The van der Waals surface area contributed by atoms with Gasteiger partial charge in [-0.05, 0) is 80.5 Å². The van der Waals surface area contributed by atoms with E-state index < -0.39 is 0 Å². The summed E-state index contributed by atoms with van der Waals surface area (Å²) in [7, 11) is 1.95. The zero-order valence-electron chi connectivity index (χ0n) is 24.4. The van der Waals surface area contributed by atoms with Crippen LogP contribution in [-0.4, -0.2) is 59.5 Å². The van der Waals surface area contributed by atoms with E-state index in [0.717, 1.165) is 83.3 Å². The number of benzene rings is 2. The number of amides is 2. The van der Waals surface area contributed by atoms with Crippen molar-refractivity contribution in [3.63, 3.8) is 0 Å². The predicted octanol–water partition coefficient (Wildman–Crippen LogP) is 6.25. The fourth-order valence-electron chi connectivity index (χ4n) is 6.76. The molecule has 1 spiro atoms. The second-order valence-electron chi connectivity index (χ2n) is 11.9. The molecule has 3 aromatic rings. The molecule has 5 rings (SSSR count). The number of nitrogens with zero attached hydrogens (tertiary/aromatic N) is 3. The van der Waals surface area contributed by atoms with Crippen LogP contribution in [0.5, 0.6) is 5.75 Å². The Bertz CT molecular complexity index is 1300. The van der Waals surface area contributed by atoms with Crippen LogP contribution in [0.3, 0.4) is 0 Å². The molecule has 1 saturated heterocycles. The van der Waals surface area contributed by atoms with E-state index in [1.807, 2.05) is 24.1 Å². The molecule has 40 heavy (non-hydrogen) atoms. The summed E-state index contributed by atoms with van der Waals surface area (Å²) in [6, 6.07) is 16.8. The number of aryl methyl sites for hydroxylation is 3. The van der Waals surface area contributed by atoms with Gasteiger partial charge in [0.2, 0.25) is 11.8 Å². The van der Waals surface area contributed by atoms with E-state index in [1.165, 1.54) is 22.0 Å². The van der Waals surface area contributed by atoms with E-state index in [4.69, 9.17) is 4.74 Å². The van der Waals surface area contributed by atoms with Gasteiger partial charge in [0.1, 0.15) is 5.75 Å². The first kappa shape index (κ1) is 28.3. The molecular weight excluding hydrogens is 498 g/mol. The summed E-state index contributed by atoms with van der Waals surface area (Å²) in [6.07, 6.45) is 11.0. The Kier molecular flexibility index (Phi) is 9.13. The fraction of sp³-hybridized carbons (Fsp3) is 0.529. The number of ether oxygens (including phenoxy) is 1. The number of hydrogen-bond donors (Lipinski definition) is 0. The van der Waals surface area contributed by atoms with Crippen molar-refractivity contribution in [3.05, 3.63) is 65.9 Å². The maximum Gasteiger partial charge on any atom is 0.222 e. The molecule has 2 aromatic carbocycles. The lowest BCUT2D eigenvalue weighted by atomic mass is 9.73. The van der Waals surface area contributed by atoms with E-state index in [2.05, 4.69) is 59.0 Å². The highest BCUT2D eigenvalue weighted by Crippen LogP contribution is 2.38. The van der Waals surface area contributed by atoms with Crippen molar-refractivity contribution in [2.75, 3.05) is 33.3 Å². The number of fused-ring (bicyclic) bond motifs is 2. The minimum Gasteiger partial charge on any atom is -0.493 e. The third-order valence-corrected chi connectivity index (χ3v) is 9.16. The molecule has 0 radical (unpaired) electrons. The molecule has 0 atom stereocenters. The number of carbonyl (C=O) groups excluding carboxylic acids is 2. The predicted molar refractivity (Wildman–Crippen MR) is 161 cm³/mol. The molecule has 2 aliphatic heterocycles. The van der Waals surface area contributed by atoms with Crippen LogP contribution >= 0.6 is 0 Å². The topological polar surface area (TPSA) is 54.8 Å². The van der Waals surface area contributed by atoms with Crippen LogP contribution in [-0.2, 0) is 29.0 Å². The van der Waals surface area contributed by atoms with Crippen molar-refractivity contribution in [3.8, 4) is 5.75 Å². The number of carbonyl (C=O) groups is 2. The Morgan fingerprint density at radius 1 is 0.950 bits per heavy atom. The fourth-order valence-corrected chi connectivity index (χ4v) is 6.76. The summed E-state index contributed by atoms with van der Waals surface area (Å²) in [5.41, 5.74) is 3.85. The van der Waals surface area contributed by atoms with Crippen molar-refractivity contribution >= 4 is 22.7 Å². The minimum absolute atomic E-state index is 0.0792. The normalized spacial score (nSPS) is 18.8. The third kappa shape index (κ3) is 6.54. The summed E-state index contributed by atoms with van der Waals surface area (Å²) < 4.78 is 8.30. The average Bonchev–Trinajstić information content (AvgIpc) is 3.34. The van der Waals surface area contributed by atoms with Crippen LogP contribution in [0, 0.1) is 5.41 Å². The monoisotopic (exact) mass is 543 g/mol. The molecule has 0 aliphatic carbocycles. The van der Waals surface area contributed by atoms with Gasteiger partial charge in [0.25, 0.3) is 0 Å². The molecule has 0 saturated carbocycles. The molecule has 1 aromatic heterocycles. The Hall–Kier alpha value is -3.28. The first-order valence-corrected chi connectivity index (χ1v) is 15.3. The van der Waals surface area contributed by atoms with E-state index in [1.54, 1.807) is 0 Å². The summed E-state index contributed by atoms with van der Waals surface area (Å²) in [5.74, 6) is 1.41. The molecule has 3 heterocycles. The number of likely N-dealkylation sites (tertiary alicyclic amines) is 1. The molecule has 6 heteroatoms. The number of hydrogen-bond acceptors (Lipinski definition) is 3. The van der Waals surface area contributed by atoms with Gasteiger partial charge in [0.15, 0.2) is 0 Å². The minimum atomic E-state index is 0.0792. The lowest BCUT2D eigenvalue weighted by molar-refractivity contribution is -0.136. The SMILES string of the molecule is CCn1cc(CCC(=O)N2CCC3(CCCCc4ccccc4OCCCC(=O)N(C)C3)CC2)c2ccccc21. The van der Waals surface area contributed by atoms with Crippen LogP contribution in [0.25, 0.3) is 10.9 Å². The van der Waals surface area contributed by atoms with Crippen LogP contribution in [0.4, 0.5) is 0 Å². The van der Waals surface area contributed by atoms with Crippen molar-refractivity contribution < 1.29 is 14.3 Å². The van der Waals surface area contributed by atoms with E-state index in [-0.39, 0.29) is 17.2 Å². The standard InChI is InChI=1S/C34H45N3O3/c1-3-36-25-28(29-13-5-6-14-30(29)36)17-18-33(39)37-22-20-34(21-23-37)19-9-8-12-27-11-4-7-15-31(27)40-24-10-16-32(38)35(2)26-34/h4-7,11,13-15,25H,3,8-10,12,16-24,26H2,1-2H3. The summed E-state index contributed by atoms with van der Waals surface area (Å²) in [4.78, 5) is 30.3. The first-order valence-electron chi connectivity index (χ1n) is 15.3. The van der Waals surface area contributed by atoms with Crippen LogP contribution in [0.2, 0.25) is 0 Å². The highest BCUT2D eigenvalue weighted by atomic mass is 16.5. The number of piperidine rings is 1. The molecule has 2 aliphatic rings. The quantitative estimate of drug-likeness (QED) is 0.391. The number of aromatic nitrogens is 1. The summed E-state index contributed by atoms with van der Waals surface area (Å²) in [6.45, 7) is 6.01. The van der Waals surface area contributed by atoms with Crippen LogP contribution < -0.4 is 4.74 Å². The van der Waals surface area contributed by atoms with Gasteiger partial charge in [-0.15, -0.1) is 0 Å². The van der Waals surface area contributed by atoms with Gasteiger partial charge in [0.05, 0.1) is 6.61 Å². The Labute approximate surface area is 239 Å². The second-order valence-corrected chi connectivity index (χ2v) is 11.9. The van der Waals surface area contributed by atoms with Crippen molar-refractivity contribution in [2.45, 2.75) is 77.7 Å². The maximum atomic E-state index is 13.3. The highest BCUT2D eigenvalue weighted by Gasteiger charge is 2.37. The van der Waals surface area contributed by atoms with Crippen molar-refractivity contribution in [1.29, 1.82) is 0 Å². The highest BCUT2D eigenvalue weighted by molar-refractivity contribution is 5.85. The Morgan fingerprint density at radius 2 is 1.73 bits per heavy atom. The van der Waals surface area contributed by atoms with Crippen LogP contribution in [0.1, 0.15) is 69.4 Å². The lowest BCUT2D eigenvalue weighted by Gasteiger charge is -2.44. The Balaban J connectivity index is 1.21. The van der Waals surface area contributed by atoms with Gasteiger partial charge in [-0.2, -0.15) is 0 Å².